The molecule has 1 amide bonds. The third-order valence-electron chi connectivity index (χ3n) is 5.03. The van der Waals surface area contributed by atoms with Crippen molar-refractivity contribution in [1.82, 2.24) is 9.80 Å². The summed E-state index contributed by atoms with van der Waals surface area (Å²) in [5.41, 5.74) is -0.249. The topological polar surface area (TPSA) is 71.2 Å². The molecular formula is C14H22N4O. The van der Waals surface area contributed by atoms with Gasteiger partial charge in [0.1, 0.15) is 11.9 Å². The van der Waals surface area contributed by atoms with Crippen LogP contribution in [0.5, 0.6) is 0 Å². The molecule has 19 heavy (non-hydrogen) atoms. The molecule has 0 bridgehead atoms. The van der Waals surface area contributed by atoms with Crippen molar-refractivity contribution in [1.29, 1.82) is 10.8 Å². The fourth-order valence-corrected chi connectivity index (χ4v) is 3.59. The van der Waals surface area contributed by atoms with Crippen molar-refractivity contribution >= 4 is 18.0 Å². The molecule has 3 aliphatic rings. The van der Waals surface area contributed by atoms with Crippen LogP contribution in [0.25, 0.3) is 0 Å². The Hall–Kier alpha value is -1.39. The largest absolute Gasteiger partial charge is 0.354 e. The summed E-state index contributed by atoms with van der Waals surface area (Å²) in [6.07, 6.45) is 7.82. The normalized spacial score (nSPS) is 30.9. The van der Waals surface area contributed by atoms with Crippen LogP contribution in [0.4, 0.5) is 0 Å². The van der Waals surface area contributed by atoms with Gasteiger partial charge in [0.25, 0.3) is 0 Å². The lowest BCUT2D eigenvalue weighted by Gasteiger charge is -2.33. The molecule has 0 aromatic carbocycles. The van der Waals surface area contributed by atoms with Crippen LogP contribution in [0.2, 0.25) is 0 Å². The van der Waals surface area contributed by atoms with Gasteiger partial charge in [0.2, 0.25) is 5.91 Å². The Bertz CT molecular complexity index is 423. The van der Waals surface area contributed by atoms with Crippen LogP contribution in [-0.2, 0) is 4.79 Å². The lowest BCUT2D eigenvalue weighted by atomic mass is 10.0. The summed E-state index contributed by atoms with van der Waals surface area (Å²) in [7, 11) is 1.74. The second-order valence-corrected chi connectivity index (χ2v) is 6.26. The third-order valence-corrected chi connectivity index (χ3v) is 5.03. The van der Waals surface area contributed by atoms with Gasteiger partial charge in [-0.15, -0.1) is 0 Å². The number of amides is 1. The summed E-state index contributed by atoms with van der Waals surface area (Å²) in [5, 5.41) is 16.0. The molecule has 5 nitrogen and oxygen atoms in total. The van der Waals surface area contributed by atoms with Crippen molar-refractivity contribution in [2.45, 2.75) is 50.6 Å². The molecule has 104 valence electrons. The molecule has 3 fully saturated rings. The number of nitrogens with one attached hydrogen (secondary N) is 2. The molecule has 1 spiro atoms. The number of carbonyl (C=O) groups is 1. The lowest BCUT2D eigenvalue weighted by molar-refractivity contribution is -0.135. The predicted octanol–water partition coefficient (Wildman–Crippen LogP) is 1.48. The smallest absolute Gasteiger partial charge is 0.231 e. The molecule has 3 rings (SSSR count). The molecule has 2 saturated carbocycles. The van der Waals surface area contributed by atoms with Gasteiger partial charge in [0.15, 0.2) is 0 Å². The second kappa shape index (κ2) is 4.32. The standard InChI is InChI=1S/C14H22N4O/c1-17-11(8-15)12(16)18(10-4-2-3-5-10)9-14(6-7-14)13(17)19/h8,10-11,15-16H,2-7,9H2,1H3. The van der Waals surface area contributed by atoms with Crippen LogP contribution in [0.1, 0.15) is 38.5 Å². The van der Waals surface area contributed by atoms with E-state index < -0.39 is 6.04 Å². The summed E-state index contributed by atoms with van der Waals surface area (Å²) in [4.78, 5) is 16.2. The number of carbonyl (C=O) groups excluding carboxylic acids is 1. The van der Waals surface area contributed by atoms with Gasteiger partial charge in [-0.1, -0.05) is 12.8 Å². The second-order valence-electron chi connectivity index (χ2n) is 6.26. The molecule has 2 aliphatic carbocycles. The average molecular weight is 262 g/mol. The van der Waals surface area contributed by atoms with Gasteiger partial charge in [-0.25, -0.2) is 0 Å². The van der Waals surface area contributed by atoms with E-state index in [-0.39, 0.29) is 11.3 Å². The molecular weight excluding hydrogens is 240 g/mol. The highest BCUT2D eigenvalue weighted by atomic mass is 16.2. The molecule has 5 heteroatoms. The fraction of sp³-hybridized carbons (Fsp3) is 0.786. The predicted molar refractivity (Wildman–Crippen MR) is 73.7 cm³/mol. The van der Waals surface area contributed by atoms with Crippen LogP contribution in [-0.4, -0.2) is 53.4 Å². The van der Waals surface area contributed by atoms with E-state index in [4.69, 9.17) is 10.8 Å². The molecule has 1 heterocycles. The Morgan fingerprint density at radius 3 is 2.47 bits per heavy atom. The van der Waals surface area contributed by atoms with Crippen LogP contribution in [0, 0.1) is 16.2 Å². The molecule has 1 unspecified atom stereocenters. The van der Waals surface area contributed by atoms with Gasteiger partial charge < -0.3 is 15.2 Å². The van der Waals surface area contributed by atoms with Gasteiger partial charge >= 0.3 is 0 Å². The van der Waals surface area contributed by atoms with Gasteiger partial charge in [0, 0.05) is 25.8 Å². The Morgan fingerprint density at radius 2 is 1.95 bits per heavy atom. The van der Waals surface area contributed by atoms with E-state index in [0.29, 0.717) is 18.4 Å². The third kappa shape index (κ3) is 1.86. The van der Waals surface area contributed by atoms with Gasteiger partial charge in [0.05, 0.1) is 5.41 Å². The Kier molecular flexibility index (Phi) is 2.87. The zero-order valence-corrected chi connectivity index (χ0v) is 11.5. The number of hydrogen-bond acceptors (Lipinski definition) is 3. The maximum atomic E-state index is 12.5. The number of rotatable bonds is 2. The lowest BCUT2D eigenvalue weighted by Crippen LogP contribution is -2.48. The zero-order chi connectivity index (χ0) is 13.6. The van der Waals surface area contributed by atoms with Crippen LogP contribution < -0.4 is 0 Å². The van der Waals surface area contributed by atoms with Crippen LogP contribution in [0.15, 0.2) is 0 Å². The molecule has 0 radical (unpaired) electrons. The Balaban J connectivity index is 1.93. The minimum atomic E-state index is -0.479. The molecule has 1 saturated heterocycles. The number of amidine groups is 1. The zero-order valence-electron chi connectivity index (χ0n) is 11.5. The Labute approximate surface area is 114 Å². The first-order valence-electron chi connectivity index (χ1n) is 7.22. The maximum absolute atomic E-state index is 12.5. The van der Waals surface area contributed by atoms with E-state index in [0.717, 1.165) is 25.7 Å². The summed E-state index contributed by atoms with van der Waals surface area (Å²) in [6, 6.07) is -0.0696. The average Bonchev–Trinajstić information content (AvgIpc) is 3.00. The number of nitrogens with zero attached hydrogens (tertiary/aromatic N) is 2. The summed E-state index contributed by atoms with van der Waals surface area (Å²) < 4.78 is 0. The van der Waals surface area contributed by atoms with Crippen LogP contribution >= 0.6 is 0 Å². The van der Waals surface area contributed by atoms with Crippen molar-refractivity contribution in [3.05, 3.63) is 0 Å². The van der Waals surface area contributed by atoms with Crippen LogP contribution in [0.3, 0.4) is 0 Å². The first kappa shape index (κ1) is 12.6. The van der Waals surface area contributed by atoms with E-state index in [1.807, 2.05) is 0 Å². The van der Waals surface area contributed by atoms with Crippen molar-refractivity contribution < 1.29 is 4.79 Å². The van der Waals surface area contributed by atoms with Crippen molar-refractivity contribution in [2.75, 3.05) is 13.6 Å². The summed E-state index contributed by atoms with van der Waals surface area (Å²) in [5.74, 6) is 0.577. The van der Waals surface area contributed by atoms with Crippen molar-refractivity contribution in [3.8, 4) is 0 Å². The fourth-order valence-electron chi connectivity index (χ4n) is 3.59. The first-order valence-corrected chi connectivity index (χ1v) is 7.22. The van der Waals surface area contributed by atoms with Gasteiger partial charge in [-0.2, -0.15) is 0 Å². The quantitative estimate of drug-likeness (QED) is 0.740. The van der Waals surface area contributed by atoms with Crippen molar-refractivity contribution in [2.24, 2.45) is 5.41 Å². The Morgan fingerprint density at radius 1 is 1.32 bits per heavy atom. The summed E-state index contributed by atoms with van der Waals surface area (Å²) >= 11 is 0. The molecule has 1 atom stereocenters. The molecule has 2 N–H and O–H groups in total. The number of hydrogen-bond donors (Lipinski definition) is 2. The molecule has 0 aromatic rings. The SMILES string of the molecule is CN1C(=O)C2(CC2)CN(C2CCCC2)C(=N)C1C=N. The van der Waals surface area contributed by atoms with E-state index in [9.17, 15) is 4.79 Å². The maximum Gasteiger partial charge on any atom is 0.231 e. The van der Waals surface area contributed by atoms with E-state index >= 15 is 0 Å². The van der Waals surface area contributed by atoms with E-state index in [2.05, 4.69) is 4.90 Å². The molecule has 0 aromatic heterocycles. The summed E-state index contributed by atoms with van der Waals surface area (Å²) in [6.45, 7) is 0.698. The van der Waals surface area contributed by atoms with E-state index in [1.54, 1.807) is 11.9 Å². The van der Waals surface area contributed by atoms with Crippen molar-refractivity contribution in [3.63, 3.8) is 0 Å². The monoisotopic (exact) mass is 262 g/mol. The highest BCUT2D eigenvalue weighted by molar-refractivity contribution is 6.04. The van der Waals surface area contributed by atoms with Gasteiger partial charge in [-0.05, 0) is 25.7 Å². The van der Waals surface area contributed by atoms with Gasteiger partial charge in [-0.3, -0.25) is 10.2 Å². The minimum Gasteiger partial charge on any atom is -0.354 e. The first-order chi connectivity index (χ1) is 9.09. The molecule has 1 aliphatic heterocycles. The highest BCUT2D eigenvalue weighted by Crippen LogP contribution is 2.50. The highest BCUT2D eigenvalue weighted by Gasteiger charge is 2.56. The van der Waals surface area contributed by atoms with E-state index in [1.165, 1.54) is 19.1 Å². The minimum absolute atomic E-state index is 0.131. The number of likely N-dealkylation sites (N-methyl/N-ethyl adjacent to an activating group) is 1.